The highest BCUT2D eigenvalue weighted by atomic mass is 35.5. The van der Waals surface area contributed by atoms with Crippen molar-refractivity contribution in [2.75, 3.05) is 7.11 Å². The number of methoxy groups -OCH3 is 1. The van der Waals surface area contributed by atoms with Gasteiger partial charge in [-0.1, -0.05) is 40.9 Å². The summed E-state index contributed by atoms with van der Waals surface area (Å²) in [5.41, 5.74) is 1.39. The third-order valence-corrected chi connectivity index (χ3v) is 5.20. The quantitative estimate of drug-likeness (QED) is 0.671. The van der Waals surface area contributed by atoms with Crippen molar-refractivity contribution in [1.29, 1.82) is 0 Å². The summed E-state index contributed by atoms with van der Waals surface area (Å²) >= 11 is 19.2. The molecule has 0 radical (unpaired) electrons. The second kappa shape index (κ2) is 7.70. The maximum absolute atomic E-state index is 12.1. The number of amidine groups is 1. The van der Waals surface area contributed by atoms with E-state index in [1.807, 2.05) is 6.07 Å². The summed E-state index contributed by atoms with van der Waals surface area (Å²) < 4.78 is 5.12. The first-order valence-corrected chi connectivity index (χ1v) is 8.99. The average molecular weight is 414 g/mol. The Kier molecular flexibility index (Phi) is 5.59. The van der Waals surface area contributed by atoms with Gasteiger partial charge in [-0.15, -0.1) is 0 Å². The summed E-state index contributed by atoms with van der Waals surface area (Å²) in [7, 11) is 1.55. The molecule has 0 aliphatic carbocycles. The van der Waals surface area contributed by atoms with Crippen LogP contribution in [0.25, 0.3) is 6.08 Å². The van der Waals surface area contributed by atoms with Gasteiger partial charge in [0.1, 0.15) is 5.75 Å². The lowest BCUT2D eigenvalue weighted by Crippen LogP contribution is -2.19. The molecule has 0 saturated carbocycles. The Bertz CT molecular complexity index is 913. The second-order valence-corrected chi connectivity index (χ2v) is 7.23. The van der Waals surface area contributed by atoms with E-state index in [9.17, 15) is 4.79 Å². The first-order chi connectivity index (χ1) is 12.0. The fourth-order valence-corrected chi connectivity index (χ4v) is 3.48. The highest BCUT2D eigenvalue weighted by molar-refractivity contribution is 8.18. The lowest BCUT2D eigenvalue weighted by Gasteiger charge is -2.03. The Morgan fingerprint density at radius 1 is 1.08 bits per heavy atom. The summed E-state index contributed by atoms with van der Waals surface area (Å²) in [6, 6.07) is 10.3. The summed E-state index contributed by atoms with van der Waals surface area (Å²) in [6.45, 7) is 0. The van der Waals surface area contributed by atoms with Crippen LogP contribution in [0, 0.1) is 0 Å². The fraction of sp³-hybridized carbons (Fsp3) is 0.0588. The van der Waals surface area contributed by atoms with E-state index < -0.39 is 0 Å². The van der Waals surface area contributed by atoms with Gasteiger partial charge in [0.2, 0.25) is 0 Å². The molecule has 0 aromatic heterocycles. The van der Waals surface area contributed by atoms with E-state index in [1.54, 1.807) is 43.5 Å². The first kappa shape index (κ1) is 18.1. The average Bonchev–Trinajstić information content (AvgIpc) is 2.90. The standard InChI is InChI=1S/C17H11Cl3N2O2S/c1-24-14-5-2-9(6-13(14)20)7-15-16(23)22-17(25-15)21-10-3-4-11(18)12(19)8-10/h2-8H,1H3,(H,21,22,23)/b15-7+. The van der Waals surface area contributed by atoms with Crippen LogP contribution in [0.3, 0.4) is 0 Å². The van der Waals surface area contributed by atoms with Crippen molar-refractivity contribution in [2.24, 2.45) is 4.99 Å². The number of carbonyl (C=O) groups excluding carboxylic acids is 1. The lowest BCUT2D eigenvalue weighted by atomic mass is 10.2. The zero-order valence-corrected chi connectivity index (χ0v) is 15.9. The summed E-state index contributed by atoms with van der Waals surface area (Å²) in [4.78, 5) is 17.0. The molecule has 1 aliphatic heterocycles. The van der Waals surface area contributed by atoms with E-state index in [0.29, 0.717) is 36.6 Å². The topological polar surface area (TPSA) is 50.7 Å². The van der Waals surface area contributed by atoms with Crippen LogP contribution in [0.15, 0.2) is 46.3 Å². The molecule has 1 aliphatic rings. The number of nitrogens with one attached hydrogen (secondary N) is 1. The summed E-state index contributed by atoms with van der Waals surface area (Å²) in [5.74, 6) is 0.352. The Morgan fingerprint density at radius 2 is 1.88 bits per heavy atom. The van der Waals surface area contributed by atoms with Gasteiger partial charge in [-0.05, 0) is 53.7 Å². The number of nitrogens with zero attached hydrogens (tertiary/aromatic N) is 1. The van der Waals surface area contributed by atoms with Crippen LogP contribution < -0.4 is 10.1 Å². The Morgan fingerprint density at radius 3 is 2.56 bits per heavy atom. The van der Waals surface area contributed by atoms with E-state index in [0.717, 1.165) is 5.56 Å². The number of thioether (sulfide) groups is 1. The van der Waals surface area contributed by atoms with Crippen LogP contribution in [0.4, 0.5) is 5.69 Å². The maximum atomic E-state index is 12.1. The van der Waals surface area contributed by atoms with Crippen molar-refractivity contribution in [2.45, 2.75) is 0 Å². The minimum Gasteiger partial charge on any atom is -0.495 e. The van der Waals surface area contributed by atoms with E-state index in [2.05, 4.69) is 10.3 Å². The maximum Gasteiger partial charge on any atom is 0.264 e. The molecule has 4 nitrogen and oxygen atoms in total. The third-order valence-electron chi connectivity index (χ3n) is 3.26. The predicted octanol–water partition coefficient (Wildman–Crippen LogP) is 5.55. The molecule has 1 fully saturated rings. The van der Waals surface area contributed by atoms with Gasteiger partial charge in [-0.3, -0.25) is 4.79 Å². The SMILES string of the molecule is COc1ccc(/C=C2/SC(=Nc3ccc(Cl)c(Cl)c3)NC2=O)cc1Cl. The van der Waals surface area contributed by atoms with Crippen molar-refractivity contribution in [3.63, 3.8) is 0 Å². The van der Waals surface area contributed by atoms with Crippen molar-refractivity contribution in [3.05, 3.63) is 61.9 Å². The minimum atomic E-state index is -0.226. The van der Waals surface area contributed by atoms with Crippen molar-refractivity contribution >= 4 is 69.4 Å². The van der Waals surface area contributed by atoms with Crippen LogP contribution in [-0.4, -0.2) is 18.2 Å². The predicted molar refractivity (Wildman–Crippen MR) is 105 cm³/mol. The molecule has 1 amide bonds. The van der Waals surface area contributed by atoms with Crippen molar-refractivity contribution < 1.29 is 9.53 Å². The van der Waals surface area contributed by atoms with E-state index in [4.69, 9.17) is 39.5 Å². The molecule has 3 rings (SSSR count). The number of ether oxygens (including phenoxy) is 1. The number of halogens is 3. The minimum absolute atomic E-state index is 0.226. The van der Waals surface area contributed by atoms with Crippen LogP contribution in [0.5, 0.6) is 5.75 Å². The van der Waals surface area contributed by atoms with Gasteiger partial charge in [0, 0.05) is 0 Å². The molecule has 1 heterocycles. The van der Waals surface area contributed by atoms with Crippen molar-refractivity contribution in [1.82, 2.24) is 5.32 Å². The molecule has 0 spiro atoms. The smallest absolute Gasteiger partial charge is 0.264 e. The summed E-state index contributed by atoms with van der Waals surface area (Å²) in [6.07, 6.45) is 1.74. The van der Waals surface area contributed by atoms with Crippen LogP contribution in [0.1, 0.15) is 5.56 Å². The molecule has 0 bridgehead atoms. The van der Waals surface area contributed by atoms with Gasteiger partial charge in [0.25, 0.3) is 5.91 Å². The number of hydrogen-bond acceptors (Lipinski definition) is 4. The molecule has 1 N–H and O–H groups in total. The van der Waals surface area contributed by atoms with Gasteiger partial charge < -0.3 is 10.1 Å². The van der Waals surface area contributed by atoms with Gasteiger partial charge >= 0.3 is 0 Å². The molecule has 0 atom stereocenters. The molecule has 2 aromatic rings. The molecular weight excluding hydrogens is 403 g/mol. The molecule has 25 heavy (non-hydrogen) atoms. The van der Waals surface area contributed by atoms with Gasteiger partial charge in [0.15, 0.2) is 5.17 Å². The van der Waals surface area contributed by atoms with E-state index >= 15 is 0 Å². The zero-order valence-electron chi connectivity index (χ0n) is 12.8. The molecule has 2 aromatic carbocycles. The second-order valence-electron chi connectivity index (χ2n) is 4.97. The number of amides is 1. The lowest BCUT2D eigenvalue weighted by molar-refractivity contribution is -0.115. The highest BCUT2D eigenvalue weighted by Gasteiger charge is 2.24. The number of hydrogen-bond donors (Lipinski definition) is 1. The molecular formula is C17H11Cl3N2O2S. The highest BCUT2D eigenvalue weighted by Crippen LogP contribution is 2.32. The molecule has 128 valence electrons. The zero-order chi connectivity index (χ0) is 18.0. The normalized spacial score (nSPS) is 17.2. The Balaban J connectivity index is 1.83. The van der Waals surface area contributed by atoms with E-state index in [-0.39, 0.29) is 5.91 Å². The number of benzene rings is 2. The Hall–Kier alpha value is -1.66. The van der Waals surface area contributed by atoms with Crippen LogP contribution in [-0.2, 0) is 4.79 Å². The first-order valence-electron chi connectivity index (χ1n) is 7.04. The third kappa shape index (κ3) is 4.30. The largest absolute Gasteiger partial charge is 0.495 e. The fourth-order valence-electron chi connectivity index (χ4n) is 2.08. The van der Waals surface area contributed by atoms with E-state index in [1.165, 1.54) is 11.8 Å². The molecule has 1 saturated heterocycles. The molecule has 0 unspecified atom stereocenters. The Labute approximate surface area is 163 Å². The number of rotatable bonds is 3. The molecule has 8 heteroatoms. The van der Waals surface area contributed by atoms with Gasteiger partial charge in [-0.25, -0.2) is 4.99 Å². The van der Waals surface area contributed by atoms with Crippen LogP contribution in [0.2, 0.25) is 15.1 Å². The van der Waals surface area contributed by atoms with Gasteiger partial charge in [-0.2, -0.15) is 0 Å². The van der Waals surface area contributed by atoms with Gasteiger partial charge in [0.05, 0.1) is 32.8 Å². The summed E-state index contributed by atoms with van der Waals surface area (Å²) in [5, 5.41) is 4.51. The monoisotopic (exact) mass is 412 g/mol. The number of carbonyl (C=O) groups is 1. The van der Waals surface area contributed by atoms with Crippen LogP contribution >= 0.6 is 46.6 Å². The number of aliphatic imine (C=N–C) groups is 1. The van der Waals surface area contributed by atoms with Crippen molar-refractivity contribution in [3.8, 4) is 5.75 Å².